The maximum Gasteiger partial charge on any atom is 0.338 e. The SMILES string of the molecule is CC(=O)O[C@@]12COC1CC(O)[C@@]1(C)C(=O)C(O)C3=C(C)C(O)CC(O)(C(OC(=O)c4ccccc4)C21)C3(C)C. The Morgan fingerprint density at radius 2 is 1.72 bits per heavy atom. The van der Waals surface area contributed by atoms with Crippen LogP contribution in [0.4, 0.5) is 0 Å². The molecule has 0 spiro atoms. The standard InChI is InChI=1S/C29H36O10/c1-14-17(31)12-29(36)24(38-25(35)16-9-7-6-8-10-16)22-27(5,23(34)21(33)20(14)26(29,3)4)18(32)11-19-28(22,13-37-19)39-15(2)30/h6-10,17-19,21-22,24,31-33,36H,11-13H2,1-5H3/t17?,18?,19?,21?,22?,24?,27-,28+,29?/m1/s1. The number of carbonyl (C=O) groups excluding carboxylic acids is 3. The topological polar surface area (TPSA) is 160 Å². The van der Waals surface area contributed by atoms with Gasteiger partial charge in [0.1, 0.15) is 23.9 Å². The van der Waals surface area contributed by atoms with E-state index in [4.69, 9.17) is 14.2 Å². The number of rotatable bonds is 3. The van der Waals surface area contributed by atoms with Crippen LogP contribution in [0.1, 0.15) is 57.8 Å². The molecule has 9 atom stereocenters. The molecule has 1 aromatic rings. The van der Waals surface area contributed by atoms with Gasteiger partial charge in [-0.3, -0.25) is 9.59 Å². The molecule has 10 nitrogen and oxygen atoms in total. The van der Waals surface area contributed by atoms with Gasteiger partial charge >= 0.3 is 11.9 Å². The van der Waals surface area contributed by atoms with Crippen LogP contribution < -0.4 is 0 Å². The van der Waals surface area contributed by atoms with E-state index in [9.17, 15) is 34.8 Å². The summed E-state index contributed by atoms with van der Waals surface area (Å²) in [6, 6.07) is 8.08. The number of aliphatic hydroxyl groups is 4. The third-order valence-corrected chi connectivity index (χ3v) is 9.95. The quantitative estimate of drug-likeness (QED) is 0.320. The van der Waals surface area contributed by atoms with Crippen LogP contribution in [0.25, 0.3) is 0 Å². The van der Waals surface area contributed by atoms with Crippen LogP contribution in [0.3, 0.4) is 0 Å². The Labute approximate surface area is 226 Å². The molecule has 212 valence electrons. The maximum absolute atomic E-state index is 14.3. The molecule has 1 heterocycles. The van der Waals surface area contributed by atoms with E-state index in [0.29, 0.717) is 5.57 Å². The van der Waals surface area contributed by atoms with Crippen LogP contribution in [-0.2, 0) is 23.8 Å². The largest absolute Gasteiger partial charge is 0.455 e. The molecule has 0 amide bonds. The zero-order chi connectivity index (χ0) is 28.7. The zero-order valence-corrected chi connectivity index (χ0v) is 22.7. The van der Waals surface area contributed by atoms with E-state index in [1.165, 1.54) is 26.0 Å². The maximum atomic E-state index is 14.3. The Morgan fingerprint density at radius 1 is 1.08 bits per heavy atom. The van der Waals surface area contributed by atoms with E-state index >= 15 is 0 Å². The smallest absolute Gasteiger partial charge is 0.338 e. The van der Waals surface area contributed by atoms with Crippen molar-refractivity contribution in [1.82, 2.24) is 0 Å². The molecule has 4 N–H and O–H groups in total. The van der Waals surface area contributed by atoms with Crippen molar-refractivity contribution in [2.24, 2.45) is 16.7 Å². The molecule has 4 aliphatic rings. The molecule has 1 saturated heterocycles. The fourth-order valence-electron chi connectivity index (χ4n) is 7.66. The molecule has 0 radical (unpaired) electrons. The van der Waals surface area contributed by atoms with Gasteiger partial charge in [0, 0.05) is 25.2 Å². The van der Waals surface area contributed by atoms with Crippen molar-refractivity contribution in [3.05, 3.63) is 47.0 Å². The monoisotopic (exact) mass is 544 g/mol. The lowest BCUT2D eigenvalue weighted by molar-refractivity contribution is -0.345. The number of hydrogen-bond donors (Lipinski definition) is 4. The summed E-state index contributed by atoms with van der Waals surface area (Å²) in [5.41, 5.74) is -6.24. The van der Waals surface area contributed by atoms with Gasteiger partial charge in [0.2, 0.25) is 0 Å². The van der Waals surface area contributed by atoms with Gasteiger partial charge in [-0.05, 0) is 37.1 Å². The van der Waals surface area contributed by atoms with Gasteiger partial charge < -0.3 is 34.6 Å². The minimum Gasteiger partial charge on any atom is -0.455 e. The lowest BCUT2D eigenvalue weighted by atomic mass is 9.44. The first kappa shape index (κ1) is 27.9. The summed E-state index contributed by atoms with van der Waals surface area (Å²) >= 11 is 0. The predicted octanol–water partition coefficient (Wildman–Crippen LogP) is 1.08. The number of ether oxygens (including phenoxy) is 3. The third kappa shape index (κ3) is 3.62. The van der Waals surface area contributed by atoms with Crippen molar-refractivity contribution in [3.8, 4) is 0 Å². The number of carbonyl (C=O) groups is 3. The van der Waals surface area contributed by atoms with Crippen molar-refractivity contribution >= 4 is 17.7 Å². The van der Waals surface area contributed by atoms with E-state index < -0.39 is 76.2 Å². The summed E-state index contributed by atoms with van der Waals surface area (Å²) < 4.78 is 17.7. The molecule has 1 aliphatic heterocycles. The minimum atomic E-state index is -2.07. The van der Waals surface area contributed by atoms with Gasteiger partial charge in [0.15, 0.2) is 11.4 Å². The van der Waals surface area contributed by atoms with Crippen molar-refractivity contribution in [1.29, 1.82) is 0 Å². The molecule has 3 aliphatic carbocycles. The van der Waals surface area contributed by atoms with Crippen molar-refractivity contribution < 1.29 is 49.0 Å². The lowest BCUT2D eigenvalue weighted by Crippen LogP contribution is -2.81. The summed E-state index contributed by atoms with van der Waals surface area (Å²) in [7, 11) is 0. The van der Waals surface area contributed by atoms with Gasteiger partial charge in [0.05, 0.1) is 35.7 Å². The average molecular weight is 545 g/mol. The molecule has 7 unspecified atom stereocenters. The van der Waals surface area contributed by atoms with Gasteiger partial charge in [-0.25, -0.2) is 4.79 Å². The average Bonchev–Trinajstić information content (AvgIpc) is 2.87. The van der Waals surface area contributed by atoms with Crippen LogP contribution in [0.15, 0.2) is 41.5 Å². The fraction of sp³-hybridized carbons (Fsp3) is 0.621. The molecular formula is C29H36O10. The molecule has 10 heteroatoms. The summed E-state index contributed by atoms with van der Waals surface area (Å²) in [5, 5.41) is 46.7. The lowest BCUT2D eigenvalue weighted by Gasteiger charge is -2.67. The number of fused-ring (bicyclic) bond motifs is 5. The molecule has 2 bridgehead atoms. The van der Waals surface area contributed by atoms with Gasteiger partial charge in [-0.15, -0.1) is 0 Å². The van der Waals surface area contributed by atoms with Gasteiger partial charge in [0.25, 0.3) is 0 Å². The summed E-state index contributed by atoms with van der Waals surface area (Å²) in [6.45, 7) is 7.29. The molecule has 39 heavy (non-hydrogen) atoms. The molecule has 5 rings (SSSR count). The Morgan fingerprint density at radius 3 is 2.28 bits per heavy atom. The van der Waals surface area contributed by atoms with E-state index in [2.05, 4.69) is 0 Å². The van der Waals surface area contributed by atoms with Crippen LogP contribution in [0, 0.1) is 16.7 Å². The first-order valence-corrected chi connectivity index (χ1v) is 13.2. The second-order valence-electron chi connectivity index (χ2n) is 12.2. The highest BCUT2D eigenvalue weighted by Crippen LogP contribution is 2.63. The summed E-state index contributed by atoms with van der Waals surface area (Å²) in [5.74, 6) is -3.60. The number of benzene rings is 1. The summed E-state index contributed by atoms with van der Waals surface area (Å²) in [6.07, 6.45) is -7.26. The van der Waals surface area contributed by atoms with E-state index in [1.807, 2.05) is 0 Å². The van der Waals surface area contributed by atoms with Gasteiger partial charge in [-0.2, -0.15) is 0 Å². The van der Waals surface area contributed by atoms with E-state index in [-0.39, 0.29) is 30.6 Å². The number of ketones is 1. The highest BCUT2D eigenvalue weighted by Gasteiger charge is 2.77. The number of esters is 2. The van der Waals surface area contributed by atoms with Crippen LogP contribution >= 0.6 is 0 Å². The molecule has 1 aromatic carbocycles. The highest BCUT2D eigenvalue weighted by molar-refractivity contribution is 5.94. The minimum absolute atomic E-state index is 0.0828. The number of Topliss-reactive ketones (excluding diaryl/α,β-unsaturated/α-hetero) is 1. The fourth-order valence-corrected chi connectivity index (χ4v) is 7.66. The van der Waals surface area contributed by atoms with Crippen LogP contribution in [0.2, 0.25) is 0 Å². The first-order chi connectivity index (χ1) is 18.1. The molecular weight excluding hydrogens is 508 g/mol. The Kier molecular flexibility index (Phi) is 6.40. The van der Waals surface area contributed by atoms with Crippen molar-refractivity contribution in [2.45, 2.75) is 89.2 Å². The van der Waals surface area contributed by atoms with Crippen molar-refractivity contribution in [3.63, 3.8) is 0 Å². The third-order valence-electron chi connectivity index (χ3n) is 9.95. The molecule has 2 saturated carbocycles. The second kappa shape index (κ2) is 8.94. The van der Waals surface area contributed by atoms with Gasteiger partial charge in [-0.1, -0.05) is 32.0 Å². The van der Waals surface area contributed by atoms with Crippen LogP contribution in [-0.4, -0.2) is 86.5 Å². The Hall–Kier alpha value is -2.63. The molecule has 3 fully saturated rings. The first-order valence-electron chi connectivity index (χ1n) is 13.2. The Balaban J connectivity index is 1.81. The van der Waals surface area contributed by atoms with Crippen LogP contribution in [0.5, 0.6) is 0 Å². The highest BCUT2D eigenvalue weighted by atomic mass is 16.6. The van der Waals surface area contributed by atoms with E-state index in [1.54, 1.807) is 39.0 Å². The summed E-state index contributed by atoms with van der Waals surface area (Å²) in [4.78, 5) is 40.3. The van der Waals surface area contributed by atoms with Crippen molar-refractivity contribution in [2.75, 3.05) is 6.61 Å². The number of aliphatic hydroxyl groups excluding tert-OH is 3. The zero-order valence-electron chi connectivity index (χ0n) is 22.7. The second-order valence-corrected chi connectivity index (χ2v) is 12.2. The number of hydrogen-bond acceptors (Lipinski definition) is 10. The van der Waals surface area contributed by atoms with E-state index in [0.717, 1.165) is 0 Å². The predicted molar refractivity (Wildman–Crippen MR) is 135 cm³/mol. The molecule has 0 aromatic heterocycles. The normalized spacial score (nSPS) is 42.7. The Bertz CT molecular complexity index is 1240.